The maximum absolute atomic E-state index is 14.2. The van der Waals surface area contributed by atoms with Crippen molar-refractivity contribution in [1.29, 1.82) is 0 Å². The monoisotopic (exact) mass is 459 g/mol. The molecule has 1 N–H and O–H groups in total. The van der Waals surface area contributed by atoms with Gasteiger partial charge in [0.25, 0.3) is 0 Å². The second-order valence-electron chi connectivity index (χ2n) is 8.47. The molecule has 0 radical (unpaired) electrons. The predicted molar refractivity (Wildman–Crippen MR) is 122 cm³/mol. The van der Waals surface area contributed by atoms with Crippen LogP contribution in [-0.4, -0.2) is 68.2 Å². The van der Waals surface area contributed by atoms with E-state index in [2.05, 4.69) is 9.88 Å². The van der Waals surface area contributed by atoms with Crippen LogP contribution in [0.5, 0.6) is 11.6 Å². The molecule has 0 spiro atoms. The number of rotatable bonds is 8. The summed E-state index contributed by atoms with van der Waals surface area (Å²) in [5, 5.41) is 9.24. The van der Waals surface area contributed by atoms with Crippen LogP contribution in [0.1, 0.15) is 25.7 Å². The zero-order valence-electron chi connectivity index (χ0n) is 18.9. The van der Waals surface area contributed by atoms with E-state index in [1.165, 1.54) is 13.3 Å². The molecule has 0 bridgehead atoms. The van der Waals surface area contributed by atoms with Crippen molar-refractivity contribution in [2.45, 2.75) is 43.9 Å². The maximum atomic E-state index is 14.2. The summed E-state index contributed by atoms with van der Waals surface area (Å²) in [6.45, 7) is 2.02. The number of methoxy groups -OCH3 is 2. The van der Waals surface area contributed by atoms with Crippen molar-refractivity contribution in [2.24, 2.45) is 0 Å². The van der Waals surface area contributed by atoms with Crippen molar-refractivity contribution in [3.8, 4) is 11.6 Å². The molecule has 9 heteroatoms. The van der Waals surface area contributed by atoms with Crippen molar-refractivity contribution in [2.75, 3.05) is 43.7 Å². The van der Waals surface area contributed by atoms with E-state index in [9.17, 15) is 14.3 Å². The van der Waals surface area contributed by atoms with E-state index in [1.54, 1.807) is 13.2 Å². The zero-order chi connectivity index (χ0) is 23.4. The third-order valence-electron chi connectivity index (χ3n) is 6.39. The molecule has 8 nitrogen and oxygen atoms in total. The highest BCUT2D eigenvalue weighted by atomic mass is 19.1. The fourth-order valence-electron chi connectivity index (χ4n) is 4.64. The number of hydrogen-bond acceptors (Lipinski definition) is 7. The van der Waals surface area contributed by atoms with Crippen molar-refractivity contribution in [3.63, 3.8) is 0 Å². The summed E-state index contributed by atoms with van der Waals surface area (Å²) in [6.07, 6.45) is 3.59. The van der Waals surface area contributed by atoms with Gasteiger partial charge in [-0.3, -0.25) is 4.79 Å². The predicted octanol–water partition coefficient (Wildman–Crippen LogP) is 3.35. The number of piperidine rings is 1. The number of hydrogen-bond donors (Lipinski definition) is 1. The zero-order valence-corrected chi connectivity index (χ0v) is 18.9. The molecule has 2 fully saturated rings. The van der Waals surface area contributed by atoms with Crippen LogP contribution >= 0.6 is 0 Å². The number of nitrogens with zero attached hydrogens (tertiary/aromatic N) is 3. The van der Waals surface area contributed by atoms with Crippen molar-refractivity contribution in [1.82, 2.24) is 4.98 Å². The molecule has 1 aromatic heterocycles. The summed E-state index contributed by atoms with van der Waals surface area (Å²) >= 11 is 0. The Morgan fingerprint density at radius 1 is 1.18 bits per heavy atom. The molecule has 3 heterocycles. The summed E-state index contributed by atoms with van der Waals surface area (Å²) in [5.74, 6) is -0.000706. The number of benzene rings is 1. The first-order valence-electron chi connectivity index (χ1n) is 11.2. The maximum Gasteiger partial charge on any atom is 0.305 e. The SMILES string of the molecule is COc1cc(N2CCC(Oc3ccc(N4CC(OC)CC4CC(=O)O)cc3)CC2)c(F)cn1. The minimum Gasteiger partial charge on any atom is -0.490 e. The average molecular weight is 460 g/mol. The Morgan fingerprint density at radius 3 is 2.55 bits per heavy atom. The molecule has 2 unspecified atom stereocenters. The molecule has 178 valence electrons. The molecule has 4 rings (SSSR count). The molecule has 2 aliphatic rings. The Morgan fingerprint density at radius 2 is 1.91 bits per heavy atom. The van der Waals surface area contributed by atoms with Gasteiger partial charge >= 0.3 is 5.97 Å². The molecular formula is C24H30FN3O5. The Kier molecular flexibility index (Phi) is 7.17. The van der Waals surface area contributed by atoms with E-state index >= 15 is 0 Å². The molecule has 2 atom stereocenters. The average Bonchev–Trinajstić information content (AvgIpc) is 3.23. The molecule has 2 aromatic rings. The van der Waals surface area contributed by atoms with Gasteiger partial charge in [0.2, 0.25) is 5.88 Å². The summed E-state index contributed by atoms with van der Waals surface area (Å²) in [5.41, 5.74) is 1.46. The fourth-order valence-corrected chi connectivity index (χ4v) is 4.64. The van der Waals surface area contributed by atoms with Gasteiger partial charge in [-0.2, -0.15) is 0 Å². The van der Waals surface area contributed by atoms with Crippen LogP contribution in [-0.2, 0) is 9.53 Å². The van der Waals surface area contributed by atoms with Crippen LogP contribution in [0.4, 0.5) is 15.8 Å². The molecule has 2 saturated heterocycles. The van der Waals surface area contributed by atoms with Gasteiger partial charge in [-0.25, -0.2) is 9.37 Å². The molecule has 33 heavy (non-hydrogen) atoms. The molecule has 0 amide bonds. The topological polar surface area (TPSA) is 84.4 Å². The fraction of sp³-hybridized carbons (Fsp3) is 0.500. The molecule has 0 aliphatic carbocycles. The number of halogens is 1. The third-order valence-corrected chi connectivity index (χ3v) is 6.39. The minimum absolute atomic E-state index is 0.0284. The van der Waals surface area contributed by atoms with Gasteiger partial charge in [-0.1, -0.05) is 0 Å². The lowest BCUT2D eigenvalue weighted by Gasteiger charge is -2.34. The van der Waals surface area contributed by atoms with Crippen molar-refractivity contribution >= 4 is 17.3 Å². The molecule has 2 aliphatic heterocycles. The van der Waals surface area contributed by atoms with Crippen LogP contribution in [0, 0.1) is 5.82 Å². The van der Waals surface area contributed by atoms with E-state index < -0.39 is 5.97 Å². The van der Waals surface area contributed by atoms with Gasteiger partial charge in [0, 0.05) is 57.4 Å². The van der Waals surface area contributed by atoms with E-state index in [1.807, 2.05) is 29.2 Å². The number of aliphatic carboxylic acids is 1. The smallest absolute Gasteiger partial charge is 0.305 e. The minimum atomic E-state index is -0.807. The van der Waals surface area contributed by atoms with Gasteiger partial charge < -0.3 is 29.1 Å². The van der Waals surface area contributed by atoms with Crippen LogP contribution < -0.4 is 19.3 Å². The van der Waals surface area contributed by atoms with E-state index in [4.69, 9.17) is 14.2 Å². The Bertz CT molecular complexity index is 950. The van der Waals surface area contributed by atoms with Crippen LogP contribution in [0.3, 0.4) is 0 Å². The second-order valence-corrected chi connectivity index (χ2v) is 8.47. The lowest BCUT2D eigenvalue weighted by atomic mass is 10.1. The number of anilines is 2. The van der Waals surface area contributed by atoms with Crippen molar-refractivity contribution < 1.29 is 28.5 Å². The summed E-state index contributed by atoms with van der Waals surface area (Å²) in [4.78, 5) is 19.2. The van der Waals surface area contributed by atoms with Crippen LogP contribution in [0.25, 0.3) is 0 Å². The number of carbonyl (C=O) groups is 1. The highest BCUT2D eigenvalue weighted by molar-refractivity contribution is 5.69. The molecular weight excluding hydrogens is 429 g/mol. The molecule has 1 aromatic carbocycles. The lowest BCUT2D eigenvalue weighted by molar-refractivity contribution is -0.137. The van der Waals surface area contributed by atoms with Gasteiger partial charge in [0.1, 0.15) is 11.9 Å². The first kappa shape index (κ1) is 23.1. The summed E-state index contributed by atoms with van der Waals surface area (Å²) in [6, 6.07) is 9.32. The second kappa shape index (κ2) is 10.2. The number of aromatic nitrogens is 1. The highest BCUT2D eigenvalue weighted by Crippen LogP contribution is 2.31. The quantitative estimate of drug-likeness (QED) is 0.644. The number of carboxylic acid groups (broad SMARTS) is 1. The Labute approximate surface area is 192 Å². The Hall–Kier alpha value is -3.07. The van der Waals surface area contributed by atoms with Crippen LogP contribution in [0.15, 0.2) is 36.5 Å². The number of ether oxygens (including phenoxy) is 3. The first-order valence-corrected chi connectivity index (χ1v) is 11.2. The number of pyridine rings is 1. The first-order chi connectivity index (χ1) is 16.0. The van der Waals surface area contributed by atoms with Gasteiger partial charge in [0.05, 0.1) is 31.5 Å². The Balaban J connectivity index is 1.34. The summed E-state index contributed by atoms with van der Waals surface area (Å²) in [7, 11) is 3.18. The standard InChI is InChI=1S/C24H30FN3O5/c1-31-20-11-17(12-24(29)30)28(15-20)16-3-5-18(6-4-16)33-19-7-9-27(10-8-19)22-13-23(32-2)26-14-21(22)25/h3-6,13-14,17,19-20H,7-12,15H2,1-2H3,(H,29,30). The van der Waals surface area contributed by atoms with Gasteiger partial charge in [-0.15, -0.1) is 0 Å². The third kappa shape index (κ3) is 5.47. The van der Waals surface area contributed by atoms with Crippen LogP contribution in [0.2, 0.25) is 0 Å². The van der Waals surface area contributed by atoms with Crippen molar-refractivity contribution in [3.05, 3.63) is 42.3 Å². The van der Waals surface area contributed by atoms with E-state index in [0.29, 0.717) is 37.6 Å². The van der Waals surface area contributed by atoms with E-state index in [0.717, 1.165) is 24.3 Å². The van der Waals surface area contributed by atoms with Gasteiger partial charge in [-0.05, 0) is 30.7 Å². The largest absolute Gasteiger partial charge is 0.490 e. The molecule has 0 saturated carbocycles. The lowest BCUT2D eigenvalue weighted by Crippen LogP contribution is -2.38. The van der Waals surface area contributed by atoms with Gasteiger partial charge in [0.15, 0.2) is 5.82 Å². The summed E-state index contributed by atoms with van der Waals surface area (Å²) < 4.78 is 31.0. The van der Waals surface area contributed by atoms with E-state index in [-0.39, 0.29) is 30.5 Å². The highest BCUT2D eigenvalue weighted by Gasteiger charge is 2.33. The normalized spacial score (nSPS) is 21.3. The number of carboxylic acids is 1.